The molecule has 0 N–H and O–H groups in total. The molecule has 23 heavy (non-hydrogen) atoms. The van der Waals surface area contributed by atoms with Crippen molar-refractivity contribution in [1.29, 1.82) is 5.26 Å². The van der Waals surface area contributed by atoms with Crippen LogP contribution in [0.1, 0.15) is 17.0 Å². The van der Waals surface area contributed by atoms with Crippen molar-refractivity contribution in [3.63, 3.8) is 0 Å². The van der Waals surface area contributed by atoms with Crippen LogP contribution in [0.25, 0.3) is 0 Å². The van der Waals surface area contributed by atoms with Crippen molar-refractivity contribution >= 4 is 21.9 Å². The minimum absolute atomic E-state index is 0.411. The number of rotatable bonds is 5. The largest absolute Gasteiger partial charge is 0.497 e. The van der Waals surface area contributed by atoms with Crippen LogP contribution in [0.5, 0.6) is 5.75 Å². The van der Waals surface area contributed by atoms with E-state index in [1.165, 1.54) is 7.11 Å². The topological polar surface area (TPSA) is 59.3 Å². The standard InChI is InChI=1S/C18H16BrNO3/c1-22-15-9-5-13(6-10-15)17(16(11-20)18(21)23-2)12-3-7-14(19)8-4-12/h3-10,16-17H,1-2H3/t16?,17-/m1/s1. The van der Waals surface area contributed by atoms with Crippen LogP contribution in [-0.4, -0.2) is 20.2 Å². The molecule has 0 aliphatic heterocycles. The minimum Gasteiger partial charge on any atom is -0.497 e. The molecule has 0 aromatic heterocycles. The van der Waals surface area contributed by atoms with Crippen LogP contribution >= 0.6 is 15.9 Å². The van der Waals surface area contributed by atoms with Crippen molar-refractivity contribution in [1.82, 2.24) is 0 Å². The normalized spacial score (nSPS) is 12.8. The molecule has 2 aromatic carbocycles. The van der Waals surface area contributed by atoms with E-state index in [-0.39, 0.29) is 0 Å². The minimum atomic E-state index is -0.922. The van der Waals surface area contributed by atoms with E-state index in [2.05, 4.69) is 22.0 Å². The summed E-state index contributed by atoms with van der Waals surface area (Å²) in [5, 5.41) is 9.49. The summed E-state index contributed by atoms with van der Waals surface area (Å²) in [6, 6.07) is 17.0. The summed E-state index contributed by atoms with van der Waals surface area (Å²) in [5.74, 6) is -1.16. The molecule has 2 rings (SSSR count). The van der Waals surface area contributed by atoms with Crippen molar-refractivity contribution in [2.75, 3.05) is 14.2 Å². The number of esters is 1. The Bertz CT molecular complexity index is 705. The van der Waals surface area contributed by atoms with Crippen LogP contribution in [0.4, 0.5) is 0 Å². The van der Waals surface area contributed by atoms with Crippen molar-refractivity contribution in [2.24, 2.45) is 5.92 Å². The summed E-state index contributed by atoms with van der Waals surface area (Å²) < 4.78 is 10.9. The van der Waals surface area contributed by atoms with Gasteiger partial charge in [0.2, 0.25) is 0 Å². The van der Waals surface area contributed by atoms with Gasteiger partial charge in [0.25, 0.3) is 0 Å². The predicted molar refractivity (Wildman–Crippen MR) is 90.1 cm³/mol. The molecule has 0 aliphatic rings. The maximum absolute atomic E-state index is 12.0. The highest BCUT2D eigenvalue weighted by Gasteiger charge is 2.32. The predicted octanol–water partition coefficient (Wildman–Crippen LogP) is 3.90. The molecule has 0 spiro atoms. The van der Waals surface area contributed by atoms with Crippen LogP contribution < -0.4 is 4.74 Å². The molecule has 0 bridgehead atoms. The van der Waals surface area contributed by atoms with Crippen LogP contribution in [0, 0.1) is 17.2 Å². The monoisotopic (exact) mass is 373 g/mol. The van der Waals surface area contributed by atoms with E-state index in [9.17, 15) is 10.1 Å². The number of methoxy groups -OCH3 is 2. The summed E-state index contributed by atoms with van der Waals surface area (Å²) in [6.45, 7) is 0. The zero-order valence-corrected chi connectivity index (χ0v) is 14.4. The van der Waals surface area contributed by atoms with Gasteiger partial charge in [0, 0.05) is 10.4 Å². The number of benzene rings is 2. The molecule has 4 nitrogen and oxygen atoms in total. The van der Waals surface area contributed by atoms with Crippen molar-refractivity contribution < 1.29 is 14.3 Å². The fourth-order valence-corrected chi connectivity index (χ4v) is 2.71. The van der Waals surface area contributed by atoms with Crippen molar-refractivity contribution in [3.05, 3.63) is 64.1 Å². The number of carbonyl (C=O) groups excluding carboxylic acids is 1. The Labute approximate surface area is 143 Å². The van der Waals surface area contributed by atoms with Crippen molar-refractivity contribution in [3.8, 4) is 11.8 Å². The second-order valence-electron chi connectivity index (χ2n) is 4.93. The first kappa shape index (κ1) is 17.0. The molecule has 2 aromatic rings. The summed E-state index contributed by atoms with van der Waals surface area (Å²) in [6.07, 6.45) is 0. The molecule has 2 atom stereocenters. The first-order chi connectivity index (χ1) is 11.1. The fraction of sp³-hybridized carbons (Fsp3) is 0.222. The third-order valence-corrected chi connectivity index (χ3v) is 4.16. The summed E-state index contributed by atoms with van der Waals surface area (Å²) >= 11 is 3.39. The van der Waals surface area contributed by atoms with Gasteiger partial charge in [-0.05, 0) is 35.4 Å². The highest BCUT2D eigenvalue weighted by atomic mass is 79.9. The van der Waals surface area contributed by atoms with Gasteiger partial charge in [-0.2, -0.15) is 5.26 Å². The van der Waals surface area contributed by atoms with Gasteiger partial charge < -0.3 is 9.47 Å². The molecule has 0 saturated heterocycles. The number of halogens is 1. The lowest BCUT2D eigenvalue weighted by Crippen LogP contribution is -2.23. The van der Waals surface area contributed by atoms with Gasteiger partial charge in [-0.1, -0.05) is 40.2 Å². The Morgan fingerprint density at radius 1 is 1.04 bits per heavy atom. The molecule has 0 heterocycles. The number of nitriles is 1. The van der Waals surface area contributed by atoms with E-state index < -0.39 is 17.8 Å². The SMILES string of the molecule is COC(=O)C(C#N)[C@H](c1ccc(Br)cc1)c1ccc(OC)cc1. The van der Waals surface area contributed by atoms with Gasteiger partial charge in [0.1, 0.15) is 5.75 Å². The highest BCUT2D eigenvalue weighted by molar-refractivity contribution is 9.10. The maximum Gasteiger partial charge on any atom is 0.324 e. The van der Waals surface area contributed by atoms with Gasteiger partial charge in [0.05, 0.1) is 20.3 Å². The average molecular weight is 374 g/mol. The molecule has 0 fully saturated rings. The summed E-state index contributed by atoms with van der Waals surface area (Å²) in [4.78, 5) is 12.0. The highest BCUT2D eigenvalue weighted by Crippen LogP contribution is 2.34. The Morgan fingerprint density at radius 3 is 2.00 bits per heavy atom. The van der Waals surface area contributed by atoms with Crippen LogP contribution in [-0.2, 0) is 9.53 Å². The first-order valence-electron chi connectivity index (χ1n) is 6.97. The molecular weight excluding hydrogens is 358 g/mol. The van der Waals surface area contributed by atoms with E-state index in [0.717, 1.165) is 21.3 Å². The molecule has 5 heteroatoms. The van der Waals surface area contributed by atoms with Crippen LogP contribution in [0.2, 0.25) is 0 Å². The lowest BCUT2D eigenvalue weighted by Gasteiger charge is -2.21. The van der Waals surface area contributed by atoms with E-state index in [4.69, 9.17) is 9.47 Å². The smallest absolute Gasteiger partial charge is 0.324 e. The quantitative estimate of drug-likeness (QED) is 0.745. The van der Waals surface area contributed by atoms with Crippen LogP contribution in [0.15, 0.2) is 53.0 Å². The number of hydrogen-bond donors (Lipinski definition) is 0. The van der Waals surface area contributed by atoms with Gasteiger partial charge in [-0.25, -0.2) is 0 Å². The number of ether oxygens (including phenoxy) is 2. The second kappa shape index (κ2) is 7.80. The molecule has 1 unspecified atom stereocenters. The van der Waals surface area contributed by atoms with Gasteiger partial charge in [-0.3, -0.25) is 4.79 Å². The summed E-state index contributed by atoms with van der Waals surface area (Å²) in [7, 11) is 2.88. The van der Waals surface area contributed by atoms with E-state index >= 15 is 0 Å². The second-order valence-corrected chi connectivity index (χ2v) is 5.85. The molecule has 0 aliphatic carbocycles. The molecule has 0 saturated carbocycles. The number of nitrogens with zero attached hydrogens (tertiary/aromatic N) is 1. The van der Waals surface area contributed by atoms with Gasteiger partial charge in [-0.15, -0.1) is 0 Å². The summed E-state index contributed by atoms with van der Waals surface area (Å²) in [5.41, 5.74) is 1.72. The molecule has 0 amide bonds. The molecule has 118 valence electrons. The maximum atomic E-state index is 12.0. The van der Waals surface area contributed by atoms with Crippen molar-refractivity contribution in [2.45, 2.75) is 5.92 Å². The zero-order valence-electron chi connectivity index (χ0n) is 12.8. The fourth-order valence-electron chi connectivity index (χ4n) is 2.45. The lowest BCUT2D eigenvalue weighted by atomic mass is 9.81. The Morgan fingerprint density at radius 2 is 1.57 bits per heavy atom. The number of carbonyl (C=O) groups is 1. The Kier molecular flexibility index (Phi) is 5.78. The van der Waals surface area contributed by atoms with E-state index in [1.54, 1.807) is 7.11 Å². The Balaban J connectivity index is 2.51. The van der Waals surface area contributed by atoms with Crippen LogP contribution in [0.3, 0.4) is 0 Å². The molecule has 0 radical (unpaired) electrons. The van der Waals surface area contributed by atoms with E-state index in [0.29, 0.717) is 0 Å². The lowest BCUT2D eigenvalue weighted by molar-refractivity contribution is -0.143. The van der Waals surface area contributed by atoms with Gasteiger partial charge in [0.15, 0.2) is 5.92 Å². The third-order valence-electron chi connectivity index (χ3n) is 3.63. The average Bonchev–Trinajstić information content (AvgIpc) is 2.60. The first-order valence-corrected chi connectivity index (χ1v) is 7.77. The van der Waals surface area contributed by atoms with Gasteiger partial charge >= 0.3 is 5.97 Å². The molecular formula is C18H16BrNO3. The van der Waals surface area contributed by atoms with E-state index in [1.807, 2.05) is 48.5 Å². The Hall–Kier alpha value is -2.32. The third kappa shape index (κ3) is 3.91. The zero-order chi connectivity index (χ0) is 16.8. The number of hydrogen-bond acceptors (Lipinski definition) is 4.